The fourth-order valence-corrected chi connectivity index (χ4v) is 6.53. The highest BCUT2D eigenvalue weighted by atomic mass is 32.3. The maximum absolute atomic E-state index is 13.3. The van der Waals surface area contributed by atoms with Crippen molar-refractivity contribution in [3.05, 3.63) is 58.6 Å². The van der Waals surface area contributed by atoms with Crippen molar-refractivity contribution in [1.82, 2.24) is 29.6 Å². The molecule has 1 saturated carbocycles. The second-order valence-electron chi connectivity index (χ2n) is 12.4. The number of anilines is 1. The van der Waals surface area contributed by atoms with Gasteiger partial charge < -0.3 is 24.6 Å². The number of aliphatic hydroxyl groups excluding tert-OH is 1. The summed E-state index contributed by atoms with van der Waals surface area (Å²) >= 11 is 0. The Morgan fingerprint density at radius 1 is 1.23 bits per heavy atom. The summed E-state index contributed by atoms with van der Waals surface area (Å²) in [6.07, 6.45) is 12.2. The number of aliphatic hydroxyl groups is 1. The zero-order chi connectivity index (χ0) is 28.0. The molecule has 11 heteroatoms. The van der Waals surface area contributed by atoms with Crippen molar-refractivity contribution in [3.8, 4) is 0 Å². The van der Waals surface area contributed by atoms with E-state index in [0.29, 0.717) is 24.4 Å². The van der Waals surface area contributed by atoms with Crippen LogP contribution in [0.2, 0.25) is 0 Å². The van der Waals surface area contributed by atoms with Gasteiger partial charge in [0.1, 0.15) is 12.5 Å². The average Bonchev–Trinajstić information content (AvgIpc) is 3.32. The van der Waals surface area contributed by atoms with E-state index in [0.717, 1.165) is 66.3 Å². The van der Waals surface area contributed by atoms with Gasteiger partial charge in [-0.05, 0) is 67.6 Å². The van der Waals surface area contributed by atoms with E-state index in [2.05, 4.69) is 51.2 Å². The number of pyridine rings is 1. The number of nitrogens with zero attached hydrogens (tertiary/aromatic N) is 6. The number of rotatable bonds is 11. The number of nitrogens with one attached hydrogen (secondary N) is 1. The van der Waals surface area contributed by atoms with Crippen molar-refractivity contribution in [2.75, 3.05) is 49.1 Å². The van der Waals surface area contributed by atoms with E-state index in [1.54, 1.807) is 11.0 Å². The molecular formula is C29H41N7O3S. The van der Waals surface area contributed by atoms with Crippen LogP contribution < -0.4 is 10.2 Å². The maximum Gasteiger partial charge on any atom is 0.272 e. The third kappa shape index (κ3) is 5.77. The summed E-state index contributed by atoms with van der Waals surface area (Å²) in [5, 5.41) is 18.0. The molecule has 0 radical (unpaired) electrons. The third-order valence-corrected chi connectivity index (χ3v) is 9.82. The van der Waals surface area contributed by atoms with Crippen molar-refractivity contribution in [2.45, 2.75) is 45.1 Å². The Labute approximate surface area is 237 Å². The minimum atomic E-state index is -0.669. The summed E-state index contributed by atoms with van der Waals surface area (Å²) in [6, 6.07) is 5.84. The van der Waals surface area contributed by atoms with E-state index in [4.69, 9.17) is 9.72 Å². The quantitative estimate of drug-likeness (QED) is 0.343. The number of aryl methyl sites for hydroxylation is 1. The Bertz CT molecular complexity index is 1380. The lowest BCUT2D eigenvalue weighted by Gasteiger charge is -2.24. The normalized spacial score (nSPS) is 21.9. The molecule has 4 heterocycles. The molecule has 40 heavy (non-hydrogen) atoms. The Balaban J connectivity index is 1.20. The first-order chi connectivity index (χ1) is 19.2. The molecule has 6 rings (SSSR count). The minimum absolute atomic E-state index is 0.113. The summed E-state index contributed by atoms with van der Waals surface area (Å²) in [7, 11) is 1.32. The van der Waals surface area contributed by atoms with Gasteiger partial charge in [0.2, 0.25) is 0 Å². The molecular weight excluding hydrogens is 526 g/mol. The molecule has 10 nitrogen and oxygen atoms in total. The summed E-state index contributed by atoms with van der Waals surface area (Å²) in [5.74, 6) is 3.35. The Hall–Kier alpha value is -2.89. The molecule has 2 unspecified atom stereocenters. The largest absolute Gasteiger partial charge is 0.390 e. The fraction of sp³-hybridized carbons (Fsp3) is 0.586. The third-order valence-electron chi connectivity index (χ3n) is 8.42. The summed E-state index contributed by atoms with van der Waals surface area (Å²) < 4.78 is 9.81. The Morgan fingerprint density at radius 2 is 2.02 bits per heavy atom. The van der Waals surface area contributed by atoms with Gasteiger partial charge in [-0.2, -0.15) is 5.10 Å². The number of hydrogen-bond donors (Lipinski definition) is 2. The van der Waals surface area contributed by atoms with Crippen LogP contribution in [-0.4, -0.2) is 79.5 Å². The topological polar surface area (TPSA) is 110 Å². The van der Waals surface area contributed by atoms with E-state index in [1.165, 1.54) is 12.1 Å². The van der Waals surface area contributed by atoms with Crippen LogP contribution in [0, 0.1) is 11.8 Å². The lowest BCUT2D eigenvalue weighted by Crippen LogP contribution is -2.28. The van der Waals surface area contributed by atoms with Crippen molar-refractivity contribution in [2.24, 2.45) is 18.9 Å². The highest BCUT2D eigenvalue weighted by molar-refractivity contribution is 8.32. The van der Waals surface area contributed by atoms with Crippen LogP contribution >= 0.6 is 10.0 Å². The Kier molecular flexibility index (Phi) is 7.39. The van der Waals surface area contributed by atoms with E-state index < -0.39 is 10.0 Å². The second-order valence-corrected chi connectivity index (χ2v) is 17.0. The number of aromatic nitrogens is 5. The molecule has 0 spiro atoms. The molecule has 1 amide bonds. The first kappa shape index (κ1) is 27.3. The lowest BCUT2D eigenvalue weighted by atomic mass is 10.1. The lowest BCUT2D eigenvalue weighted by molar-refractivity contribution is 0.0779. The molecule has 2 N–H and O–H groups in total. The van der Waals surface area contributed by atoms with Gasteiger partial charge >= 0.3 is 0 Å². The summed E-state index contributed by atoms with van der Waals surface area (Å²) in [4.78, 5) is 25.0. The predicted octanol–water partition coefficient (Wildman–Crippen LogP) is 2.64. The van der Waals surface area contributed by atoms with E-state index >= 15 is 0 Å². The smallest absolute Gasteiger partial charge is 0.272 e. The molecule has 0 bridgehead atoms. The first-order valence-corrected chi connectivity index (χ1v) is 17.2. The van der Waals surface area contributed by atoms with Gasteiger partial charge in [0.25, 0.3) is 5.91 Å². The van der Waals surface area contributed by atoms with Gasteiger partial charge in [-0.3, -0.25) is 4.79 Å². The van der Waals surface area contributed by atoms with Crippen molar-refractivity contribution in [3.63, 3.8) is 0 Å². The van der Waals surface area contributed by atoms with Gasteiger partial charge in [0.15, 0.2) is 5.69 Å². The van der Waals surface area contributed by atoms with Crippen molar-refractivity contribution in [1.29, 1.82) is 0 Å². The number of piperidine rings is 1. The molecule has 3 aromatic rings. The molecule has 3 aliphatic rings. The molecule has 0 aromatic carbocycles. The molecule has 216 valence electrons. The number of ether oxygens (including phenoxy) is 1. The number of amides is 1. The van der Waals surface area contributed by atoms with Crippen LogP contribution in [0.3, 0.4) is 0 Å². The van der Waals surface area contributed by atoms with E-state index in [9.17, 15) is 9.90 Å². The monoisotopic (exact) mass is 567 g/mol. The second kappa shape index (κ2) is 10.8. The fourth-order valence-electron chi connectivity index (χ4n) is 5.91. The van der Waals surface area contributed by atoms with Crippen LogP contribution in [0.25, 0.3) is 0 Å². The zero-order valence-electron chi connectivity index (χ0n) is 24.0. The molecule has 2 aliphatic carbocycles. The minimum Gasteiger partial charge on any atom is -0.390 e. The van der Waals surface area contributed by atoms with Crippen LogP contribution in [0.1, 0.15) is 57.7 Å². The highest BCUT2D eigenvalue weighted by Gasteiger charge is 2.45. The van der Waals surface area contributed by atoms with Crippen molar-refractivity contribution >= 4 is 21.8 Å². The summed E-state index contributed by atoms with van der Waals surface area (Å²) in [6.45, 7) is 2.89. The SMILES string of the molecule is Cn1cnc2c1CC[C@H]2NC(=O)c1cc(Cc2ccc(N3CC4CC4C3)nc2CO)n(COCCS(C)(C)C)n1. The van der Waals surface area contributed by atoms with Gasteiger partial charge in [-0.1, -0.05) is 6.07 Å². The first-order valence-electron chi connectivity index (χ1n) is 14.1. The predicted molar refractivity (Wildman–Crippen MR) is 157 cm³/mol. The number of carbonyl (C=O) groups is 1. The van der Waals surface area contributed by atoms with Gasteiger partial charge in [0, 0.05) is 43.7 Å². The molecule has 1 aliphatic heterocycles. The summed E-state index contributed by atoms with van der Waals surface area (Å²) in [5.41, 5.74) is 4.92. The Morgan fingerprint density at radius 3 is 2.77 bits per heavy atom. The molecule has 1 saturated heterocycles. The van der Waals surface area contributed by atoms with Crippen LogP contribution in [0.4, 0.5) is 5.82 Å². The number of carbonyl (C=O) groups excluding carboxylic acids is 1. The highest BCUT2D eigenvalue weighted by Crippen LogP contribution is 2.46. The van der Waals surface area contributed by atoms with Crippen LogP contribution in [0.15, 0.2) is 24.5 Å². The number of fused-ring (bicyclic) bond motifs is 2. The van der Waals surface area contributed by atoms with E-state index in [1.807, 2.05) is 17.7 Å². The van der Waals surface area contributed by atoms with E-state index in [-0.39, 0.29) is 25.3 Å². The van der Waals surface area contributed by atoms with Crippen molar-refractivity contribution < 1.29 is 14.6 Å². The van der Waals surface area contributed by atoms with Gasteiger partial charge in [-0.25, -0.2) is 24.7 Å². The van der Waals surface area contributed by atoms with Crippen LogP contribution in [-0.2, 0) is 38.0 Å². The zero-order valence-corrected chi connectivity index (χ0v) is 24.8. The van der Waals surface area contributed by atoms with Gasteiger partial charge in [0.05, 0.1) is 37.0 Å². The molecule has 2 fully saturated rings. The molecule has 3 atom stereocenters. The van der Waals surface area contributed by atoms with Gasteiger partial charge in [-0.15, -0.1) is 0 Å². The standard InChI is InChI=1S/C29H41N7O3S/c1-34-17-30-28-23(6-7-26(28)34)32-29(38)24-13-22(36(33-24)18-39-9-10-40(2,3)4)12-19-5-8-27(31-25(19)16-37)35-14-20-11-21(20)15-35/h5,8,13,17,20-21,23,37H,6-7,9-12,14-16,18H2,1-4H3,(H,32,38)/t20?,21?,23-/m1/s1. The molecule has 3 aromatic heterocycles. The maximum atomic E-state index is 13.3. The number of hydrogen-bond acceptors (Lipinski definition) is 7. The number of imidazole rings is 1. The average molecular weight is 568 g/mol. The van der Waals surface area contributed by atoms with Crippen LogP contribution in [0.5, 0.6) is 0 Å².